The van der Waals surface area contributed by atoms with Crippen molar-refractivity contribution in [1.82, 2.24) is 15.2 Å². The van der Waals surface area contributed by atoms with Gasteiger partial charge in [-0.25, -0.2) is 4.63 Å². The van der Waals surface area contributed by atoms with Crippen molar-refractivity contribution in [3.05, 3.63) is 39.0 Å². The maximum absolute atomic E-state index is 10.8. The van der Waals surface area contributed by atoms with Gasteiger partial charge in [-0.2, -0.15) is 0 Å². The molecule has 0 aliphatic carbocycles. The first-order valence-electron chi connectivity index (χ1n) is 7.88. The Morgan fingerprint density at radius 3 is 2.62 bits per heavy atom. The highest BCUT2D eigenvalue weighted by molar-refractivity contribution is 6.33. The van der Waals surface area contributed by atoms with E-state index in [1.165, 1.54) is 12.1 Å². The summed E-state index contributed by atoms with van der Waals surface area (Å²) in [6.45, 7) is 6.35. The molecule has 1 aromatic carbocycles. The van der Waals surface area contributed by atoms with Crippen molar-refractivity contribution < 1.29 is 14.3 Å². The zero-order valence-corrected chi connectivity index (χ0v) is 15.7. The minimum Gasteiger partial charge on any atom is -0.473 e. The molecule has 0 spiro atoms. The number of ether oxygens (including phenoxy) is 1. The molecule has 1 fully saturated rings. The zero-order valence-electron chi connectivity index (χ0n) is 14.1. The molecule has 0 radical (unpaired) electrons. The Morgan fingerprint density at radius 1 is 1.31 bits per heavy atom. The number of hydrogen-bond donors (Lipinski definition) is 0. The fourth-order valence-electron chi connectivity index (χ4n) is 2.70. The molecule has 1 saturated heterocycles. The number of aryl methyl sites for hydroxylation is 1. The minimum atomic E-state index is -0.445. The quantitative estimate of drug-likeness (QED) is 0.535. The molecule has 2 heterocycles. The van der Waals surface area contributed by atoms with Crippen molar-refractivity contribution >= 4 is 35.4 Å². The molecule has 0 N–H and O–H groups in total. The second-order valence-electron chi connectivity index (χ2n) is 5.72. The van der Waals surface area contributed by atoms with Crippen molar-refractivity contribution in [3.63, 3.8) is 0 Å². The summed E-state index contributed by atoms with van der Waals surface area (Å²) >= 11 is 6.20. The second kappa shape index (κ2) is 9.02. The number of aromatic nitrogens is 2. The largest absolute Gasteiger partial charge is 0.473 e. The lowest BCUT2D eigenvalue weighted by Gasteiger charge is -2.36. The average Bonchev–Trinajstić information content (AvgIpc) is 3.01. The third kappa shape index (κ3) is 4.75. The highest BCUT2D eigenvalue weighted by atomic mass is 35.5. The normalized spacial score (nSPS) is 14.8. The van der Waals surface area contributed by atoms with Crippen molar-refractivity contribution in [2.75, 3.05) is 44.2 Å². The third-order valence-corrected chi connectivity index (χ3v) is 4.42. The van der Waals surface area contributed by atoms with E-state index in [9.17, 15) is 10.1 Å². The number of hydrogen-bond acceptors (Lipinski definition) is 8. The number of rotatable bonds is 6. The Kier molecular flexibility index (Phi) is 7.01. The van der Waals surface area contributed by atoms with Crippen molar-refractivity contribution in [3.8, 4) is 5.88 Å². The summed E-state index contributed by atoms with van der Waals surface area (Å²) in [5.74, 6) is 0.427. The van der Waals surface area contributed by atoms with E-state index in [2.05, 4.69) is 24.7 Å². The van der Waals surface area contributed by atoms with E-state index in [1.807, 2.05) is 0 Å². The number of non-ortho nitro benzene ring substituents is 1. The maximum Gasteiger partial charge on any atom is 0.278 e. The van der Waals surface area contributed by atoms with Gasteiger partial charge in [-0.05, 0) is 18.1 Å². The summed E-state index contributed by atoms with van der Waals surface area (Å²) in [5.41, 5.74) is 1.47. The molecule has 1 aromatic heterocycles. The van der Waals surface area contributed by atoms with Gasteiger partial charge >= 0.3 is 0 Å². The number of nitro groups is 1. The van der Waals surface area contributed by atoms with Gasteiger partial charge < -0.3 is 9.64 Å². The van der Waals surface area contributed by atoms with Crippen LogP contribution in [0.3, 0.4) is 0 Å². The Morgan fingerprint density at radius 2 is 2.04 bits per heavy atom. The van der Waals surface area contributed by atoms with Gasteiger partial charge in [0.15, 0.2) is 0 Å². The van der Waals surface area contributed by atoms with Crippen LogP contribution in [0.15, 0.2) is 22.8 Å². The van der Waals surface area contributed by atoms with Crippen LogP contribution in [0.25, 0.3) is 0 Å². The van der Waals surface area contributed by atoms with Crippen LogP contribution < -0.4 is 9.64 Å². The molecule has 26 heavy (non-hydrogen) atoms. The monoisotopic (exact) mass is 403 g/mol. The van der Waals surface area contributed by atoms with Crippen molar-refractivity contribution in [1.29, 1.82) is 0 Å². The predicted molar refractivity (Wildman–Crippen MR) is 98.5 cm³/mol. The molecule has 9 nitrogen and oxygen atoms in total. The standard InChI is InChI=1S/C15H18ClN5O4.ClH/c1-11-15(18-25-17-11)24-9-8-19-4-6-20(7-5-19)14-3-2-12(21(22)23)10-13(14)16;/h2-3,10H,4-9H2,1H3;1H. The Balaban J connectivity index is 0.00000243. The first-order chi connectivity index (χ1) is 12.0. The van der Waals surface area contributed by atoms with Gasteiger partial charge in [-0.15, -0.1) is 12.4 Å². The summed E-state index contributed by atoms with van der Waals surface area (Å²) in [6, 6.07) is 4.58. The van der Waals surface area contributed by atoms with Crippen LogP contribution in [0, 0.1) is 17.0 Å². The molecule has 1 aliphatic rings. The molecule has 0 bridgehead atoms. The van der Waals surface area contributed by atoms with Gasteiger partial charge in [0.05, 0.1) is 15.6 Å². The van der Waals surface area contributed by atoms with Crippen LogP contribution >= 0.6 is 24.0 Å². The zero-order chi connectivity index (χ0) is 17.8. The second-order valence-corrected chi connectivity index (χ2v) is 6.13. The molecule has 1 aliphatic heterocycles. The Hall–Kier alpha value is -2.10. The lowest BCUT2D eigenvalue weighted by molar-refractivity contribution is -0.384. The van der Waals surface area contributed by atoms with Gasteiger partial charge in [0, 0.05) is 44.9 Å². The van der Waals surface area contributed by atoms with Crippen LogP contribution in [0.4, 0.5) is 11.4 Å². The molecule has 0 saturated carbocycles. The Labute approximate surface area is 161 Å². The van der Waals surface area contributed by atoms with Crippen LogP contribution in [0.1, 0.15) is 5.69 Å². The van der Waals surface area contributed by atoms with Gasteiger partial charge in [0.1, 0.15) is 12.3 Å². The number of piperazine rings is 1. The smallest absolute Gasteiger partial charge is 0.278 e. The van der Waals surface area contributed by atoms with E-state index in [4.69, 9.17) is 16.3 Å². The Bertz CT molecular complexity index is 749. The third-order valence-electron chi connectivity index (χ3n) is 4.11. The summed E-state index contributed by atoms with van der Waals surface area (Å²) in [7, 11) is 0. The summed E-state index contributed by atoms with van der Waals surface area (Å²) in [5, 5.41) is 18.5. The van der Waals surface area contributed by atoms with Gasteiger partial charge in [0.25, 0.3) is 11.6 Å². The first kappa shape index (κ1) is 20.2. The SMILES string of the molecule is Cc1nonc1OCCN1CCN(c2ccc([N+](=O)[O-])cc2Cl)CC1.Cl. The van der Waals surface area contributed by atoms with E-state index in [0.29, 0.717) is 23.2 Å². The number of halogens is 2. The van der Waals surface area contributed by atoms with Crippen LogP contribution in [0.5, 0.6) is 5.88 Å². The summed E-state index contributed by atoms with van der Waals surface area (Å²) in [4.78, 5) is 14.8. The molecular weight excluding hydrogens is 385 g/mol. The molecule has 11 heteroatoms. The maximum atomic E-state index is 10.8. The minimum absolute atomic E-state index is 0. The topological polar surface area (TPSA) is 97.8 Å². The number of anilines is 1. The summed E-state index contributed by atoms with van der Waals surface area (Å²) in [6.07, 6.45) is 0. The van der Waals surface area contributed by atoms with Gasteiger partial charge in [0.2, 0.25) is 0 Å². The lowest BCUT2D eigenvalue weighted by Crippen LogP contribution is -2.47. The van der Waals surface area contributed by atoms with E-state index >= 15 is 0 Å². The van der Waals surface area contributed by atoms with E-state index in [-0.39, 0.29) is 18.1 Å². The average molecular weight is 404 g/mol. The summed E-state index contributed by atoms with van der Waals surface area (Å²) < 4.78 is 10.1. The number of nitrogens with zero attached hydrogens (tertiary/aromatic N) is 5. The van der Waals surface area contributed by atoms with E-state index < -0.39 is 4.92 Å². The molecule has 0 unspecified atom stereocenters. The fourth-order valence-corrected chi connectivity index (χ4v) is 3.00. The van der Waals surface area contributed by atoms with Crippen molar-refractivity contribution in [2.45, 2.75) is 6.92 Å². The molecule has 0 amide bonds. The fraction of sp³-hybridized carbons (Fsp3) is 0.467. The highest BCUT2D eigenvalue weighted by Crippen LogP contribution is 2.30. The van der Waals surface area contributed by atoms with E-state index in [0.717, 1.165) is 38.4 Å². The van der Waals surface area contributed by atoms with Crippen LogP contribution in [-0.4, -0.2) is 59.5 Å². The van der Waals surface area contributed by atoms with Crippen LogP contribution in [0.2, 0.25) is 5.02 Å². The van der Waals surface area contributed by atoms with Gasteiger partial charge in [-0.3, -0.25) is 15.0 Å². The molecular formula is C15H19Cl2N5O4. The number of benzene rings is 1. The van der Waals surface area contributed by atoms with Crippen molar-refractivity contribution in [2.24, 2.45) is 0 Å². The van der Waals surface area contributed by atoms with E-state index in [1.54, 1.807) is 13.0 Å². The molecule has 0 atom stereocenters. The predicted octanol–water partition coefficient (Wildman–Crippen LogP) is 2.56. The molecule has 3 rings (SSSR count). The lowest BCUT2D eigenvalue weighted by atomic mass is 10.2. The molecule has 2 aromatic rings. The van der Waals surface area contributed by atoms with Gasteiger partial charge in [-0.1, -0.05) is 16.8 Å². The number of nitro benzene ring substituents is 1. The molecule has 142 valence electrons. The van der Waals surface area contributed by atoms with Crippen LogP contribution in [-0.2, 0) is 0 Å². The first-order valence-corrected chi connectivity index (χ1v) is 8.25. The highest BCUT2D eigenvalue weighted by Gasteiger charge is 2.20.